The lowest BCUT2D eigenvalue weighted by atomic mass is 10.1. The lowest BCUT2D eigenvalue weighted by Crippen LogP contribution is -2.43. The molecular formula is C15H18FN3OS. The Bertz CT molecular complexity index is 570. The number of halogens is 1. The summed E-state index contributed by atoms with van der Waals surface area (Å²) in [4.78, 5) is 14.7. The summed E-state index contributed by atoms with van der Waals surface area (Å²) in [6, 6.07) is 4.79. The fourth-order valence-corrected chi connectivity index (χ4v) is 3.40. The number of nitrogens with one attached hydrogen (secondary N) is 2. The van der Waals surface area contributed by atoms with Crippen LogP contribution in [0.15, 0.2) is 23.1 Å². The number of hydrogen-bond acceptors (Lipinski definition) is 4. The molecular weight excluding hydrogens is 289 g/mol. The molecule has 2 aliphatic heterocycles. The molecule has 0 atom stereocenters. The highest BCUT2D eigenvalue weighted by Gasteiger charge is 2.18. The van der Waals surface area contributed by atoms with Crippen molar-refractivity contribution in [3.05, 3.63) is 34.5 Å². The van der Waals surface area contributed by atoms with Crippen LogP contribution in [-0.4, -0.2) is 44.4 Å². The molecule has 1 aromatic carbocycles. The summed E-state index contributed by atoms with van der Waals surface area (Å²) >= 11 is 1.52. The van der Waals surface area contributed by atoms with E-state index in [1.165, 1.54) is 23.9 Å². The van der Waals surface area contributed by atoms with E-state index >= 15 is 0 Å². The van der Waals surface area contributed by atoms with Crippen LogP contribution in [-0.2, 0) is 4.79 Å². The maximum atomic E-state index is 13.6. The lowest BCUT2D eigenvalue weighted by Gasteiger charge is -2.31. The highest BCUT2D eigenvalue weighted by Crippen LogP contribution is 2.28. The van der Waals surface area contributed by atoms with Crippen molar-refractivity contribution < 1.29 is 9.18 Å². The summed E-state index contributed by atoms with van der Waals surface area (Å²) in [5, 5.41) is 6.12. The molecule has 2 saturated heterocycles. The third-order valence-corrected chi connectivity index (χ3v) is 4.63. The van der Waals surface area contributed by atoms with Crippen LogP contribution in [0.5, 0.6) is 0 Å². The first kappa shape index (κ1) is 14.4. The van der Waals surface area contributed by atoms with Gasteiger partial charge in [-0.05, 0) is 24.3 Å². The van der Waals surface area contributed by atoms with Gasteiger partial charge in [0.1, 0.15) is 5.82 Å². The lowest BCUT2D eigenvalue weighted by molar-refractivity contribution is -0.116. The second-order valence-electron chi connectivity index (χ2n) is 5.05. The van der Waals surface area contributed by atoms with Crippen molar-refractivity contribution in [3.8, 4) is 0 Å². The molecule has 0 saturated carbocycles. The standard InChI is InChI=1S/C15H18FN3OS/c16-12-1-2-13(19-6-3-17-4-7-19)11(9-12)10-14-15(20)18-5-8-21-14/h1-2,9-10,17H,3-8H2,(H,18,20). The van der Waals surface area contributed by atoms with Gasteiger partial charge in [0, 0.05) is 49.7 Å². The SMILES string of the molecule is O=C1NCCSC1=Cc1cc(F)ccc1N1CCNCC1. The number of carbonyl (C=O) groups is 1. The number of nitrogens with zero attached hydrogens (tertiary/aromatic N) is 1. The minimum atomic E-state index is -0.276. The molecule has 1 aromatic rings. The van der Waals surface area contributed by atoms with Gasteiger partial charge in [-0.2, -0.15) is 0 Å². The topological polar surface area (TPSA) is 44.4 Å². The second-order valence-corrected chi connectivity index (χ2v) is 6.19. The van der Waals surface area contributed by atoms with Crippen LogP contribution in [0.2, 0.25) is 0 Å². The first-order valence-electron chi connectivity index (χ1n) is 7.12. The number of piperazine rings is 1. The maximum absolute atomic E-state index is 13.6. The molecule has 0 unspecified atom stereocenters. The minimum Gasteiger partial charge on any atom is -0.368 e. The Balaban J connectivity index is 1.94. The van der Waals surface area contributed by atoms with E-state index in [-0.39, 0.29) is 11.7 Å². The number of carbonyl (C=O) groups excluding carboxylic acids is 1. The maximum Gasteiger partial charge on any atom is 0.257 e. The number of thioether (sulfide) groups is 1. The van der Waals surface area contributed by atoms with Crippen LogP contribution < -0.4 is 15.5 Å². The Morgan fingerprint density at radius 2 is 2.05 bits per heavy atom. The zero-order chi connectivity index (χ0) is 14.7. The quantitative estimate of drug-likeness (QED) is 0.812. The Morgan fingerprint density at radius 1 is 1.24 bits per heavy atom. The molecule has 0 aliphatic carbocycles. The van der Waals surface area contributed by atoms with Crippen LogP contribution >= 0.6 is 11.8 Å². The van der Waals surface area contributed by atoms with Crippen molar-refractivity contribution in [2.75, 3.05) is 43.4 Å². The molecule has 21 heavy (non-hydrogen) atoms. The van der Waals surface area contributed by atoms with Crippen molar-refractivity contribution in [1.82, 2.24) is 10.6 Å². The third-order valence-electron chi connectivity index (χ3n) is 3.60. The first-order valence-corrected chi connectivity index (χ1v) is 8.10. The van der Waals surface area contributed by atoms with Crippen molar-refractivity contribution >= 4 is 29.4 Å². The van der Waals surface area contributed by atoms with Crippen LogP contribution in [0.4, 0.5) is 10.1 Å². The van der Waals surface area contributed by atoms with Crippen molar-refractivity contribution in [2.45, 2.75) is 0 Å². The van der Waals surface area contributed by atoms with E-state index in [0.717, 1.165) is 43.2 Å². The number of amides is 1. The fourth-order valence-electron chi connectivity index (χ4n) is 2.56. The van der Waals surface area contributed by atoms with Gasteiger partial charge in [-0.15, -0.1) is 11.8 Å². The van der Waals surface area contributed by atoms with Gasteiger partial charge in [0.2, 0.25) is 0 Å². The summed E-state index contributed by atoms with van der Waals surface area (Å²) in [6.45, 7) is 4.31. The average Bonchev–Trinajstić information content (AvgIpc) is 2.51. The summed E-state index contributed by atoms with van der Waals surface area (Å²) in [6.07, 6.45) is 1.81. The summed E-state index contributed by atoms with van der Waals surface area (Å²) in [5.41, 5.74) is 1.76. The molecule has 3 rings (SSSR count). The molecule has 0 aromatic heterocycles. The zero-order valence-electron chi connectivity index (χ0n) is 11.7. The predicted octanol–water partition coefficient (Wildman–Crippen LogP) is 1.44. The number of rotatable bonds is 2. The fraction of sp³-hybridized carbons (Fsp3) is 0.400. The van der Waals surface area contributed by atoms with Crippen LogP contribution in [0.1, 0.15) is 5.56 Å². The third kappa shape index (κ3) is 3.39. The van der Waals surface area contributed by atoms with E-state index in [2.05, 4.69) is 15.5 Å². The van der Waals surface area contributed by atoms with E-state index in [9.17, 15) is 9.18 Å². The van der Waals surface area contributed by atoms with Gasteiger partial charge in [-0.1, -0.05) is 0 Å². The Kier molecular flexibility index (Phi) is 4.45. The van der Waals surface area contributed by atoms with Crippen LogP contribution in [0.25, 0.3) is 6.08 Å². The van der Waals surface area contributed by atoms with Crippen LogP contribution in [0.3, 0.4) is 0 Å². The average molecular weight is 307 g/mol. The molecule has 2 aliphatic rings. The number of anilines is 1. The molecule has 0 radical (unpaired) electrons. The monoisotopic (exact) mass is 307 g/mol. The van der Waals surface area contributed by atoms with E-state index < -0.39 is 0 Å². The predicted molar refractivity (Wildman–Crippen MR) is 84.9 cm³/mol. The summed E-state index contributed by atoms with van der Waals surface area (Å²) < 4.78 is 13.6. The van der Waals surface area contributed by atoms with Gasteiger partial charge in [0.25, 0.3) is 5.91 Å². The molecule has 0 bridgehead atoms. The summed E-state index contributed by atoms with van der Waals surface area (Å²) in [5.74, 6) is 0.513. The Hall–Kier alpha value is -1.53. The van der Waals surface area contributed by atoms with E-state index in [4.69, 9.17) is 0 Å². The highest BCUT2D eigenvalue weighted by atomic mass is 32.2. The highest BCUT2D eigenvalue weighted by molar-refractivity contribution is 8.04. The van der Waals surface area contributed by atoms with Crippen molar-refractivity contribution in [1.29, 1.82) is 0 Å². The van der Waals surface area contributed by atoms with Gasteiger partial charge >= 0.3 is 0 Å². The van der Waals surface area contributed by atoms with Gasteiger partial charge in [0.15, 0.2) is 0 Å². The molecule has 2 heterocycles. The smallest absolute Gasteiger partial charge is 0.257 e. The minimum absolute atomic E-state index is 0.0678. The molecule has 4 nitrogen and oxygen atoms in total. The van der Waals surface area contributed by atoms with Gasteiger partial charge in [-0.3, -0.25) is 4.79 Å². The number of hydrogen-bond donors (Lipinski definition) is 2. The van der Waals surface area contributed by atoms with Gasteiger partial charge in [-0.25, -0.2) is 4.39 Å². The largest absolute Gasteiger partial charge is 0.368 e. The van der Waals surface area contributed by atoms with Crippen molar-refractivity contribution in [3.63, 3.8) is 0 Å². The molecule has 112 valence electrons. The van der Waals surface area contributed by atoms with Gasteiger partial charge in [0.05, 0.1) is 4.91 Å². The normalized spacial score (nSPS) is 21.5. The summed E-state index contributed by atoms with van der Waals surface area (Å²) in [7, 11) is 0. The molecule has 1 amide bonds. The van der Waals surface area contributed by atoms with Crippen LogP contribution in [0, 0.1) is 5.82 Å². The van der Waals surface area contributed by atoms with Crippen molar-refractivity contribution in [2.24, 2.45) is 0 Å². The van der Waals surface area contributed by atoms with E-state index in [0.29, 0.717) is 11.4 Å². The number of benzene rings is 1. The molecule has 2 N–H and O–H groups in total. The Labute approximate surface area is 127 Å². The zero-order valence-corrected chi connectivity index (χ0v) is 12.5. The van der Waals surface area contributed by atoms with E-state index in [1.807, 2.05) is 0 Å². The second kappa shape index (κ2) is 6.49. The van der Waals surface area contributed by atoms with Gasteiger partial charge < -0.3 is 15.5 Å². The molecule has 2 fully saturated rings. The molecule has 6 heteroatoms. The Morgan fingerprint density at radius 3 is 2.81 bits per heavy atom. The first-order chi connectivity index (χ1) is 10.2. The molecule has 0 spiro atoms. The van der Waals surface area contributed by atoms with E-state index in [1.54, 1.807) is 12.1 Å².